The number of hydrogen-bond donors (Lipinski definition) is 7. The predicted molar refractivity (Wildman–Crippen MR) is 206 cm³/mol. The summed E-state index contributed by atoms with van der Waals surface area (Å²) >= 11 is 0. The molecular weight excluding hydrogens is 758 g/mol. The number of carbonyl (C=O) groups is 6. The van der Waals surface area contributed by atoms with E-state index in [1.165, 1.54) is 0 Å². The summed E-state index contributed by atoms with van der Waals surface area (Å²) in [7, 11) is -3.85. The van der Waals surface area contributed by atoms with Crippen molar-refractivity contribution in [2.45, 2.75) is 109 Å². The molecule has 0 saturated heterocycles. The molecule has 326 valence electrons. The van der Waals surface area contributed by atoms with Gasteiger partial charge in [-0.3, -0.25) is 29.0 Å². The SMILES string of the molecule is O=CCNCNC(=O)COCCOCCNC(=O)COCCOCCNC(=O)CC[C@H](NC(=O)CCCCCCCCCCCCCCCS(=O)(=O)O)C(=O)O. The summed E-state index contributed by atoms with van der Waals surface area (Å²) < 4.78 is 51.2. The largest absolute Gasteiger partial charge is 0.480 e. The molecule has 0 unspecified atom stereocenters. The van der Waals surface area contributed by atoms with Crippen LogP contribution in [0.5, 0.6) is 0 Å². The Balaban J connectivity index is 3.66. The summed E-state index contributed by atoms with van der Waals surface area (Å²) in [6.45, 7) is 1.71. The Morgan fingerprint density at radius 3 is 1.54 bits per heavy atom. The third-order valence-electron chi connectivity index (χ3n) is 8.09. The monoisotopic (exact) mass is 825 g/mol. The summed E-state index contributed by atoms with van der Waals surface area (Å²) in [5.74, 6) is -2.73. The fourth-order valence-electron chi connectivity index (χ4n) is 5.09. The third kappa shape index (κ3) is 39.0. The second-order valence-corrected chi connectivity index (χ2v) is 14.6. The van der Waals surface area contributed by atoms with Gasteiger partial charge < -0.3 is 50.1 Å². The summed E-state index contributed by atoms with van der Waals surface area (Å²) in [5, 5.41) is 22.5. The molecule has 0 aliphatic carbocycles. The molecule has 0 aliphatic heterocycles. The second-order valence-electron chi connectivity index (χ2n) is 13.1. The number of carboxylic acids is 1. The Labute approximate surface area is 331 Å². The van der Waals surface area contributed by atoms with E-state index in [1.54, 1.807) is 0 Å². The first-order valence-corrected chi connectivity index (χ1v) is 21.3. The van der Waals surface area contributed by atoms with E-state index in [1.807, 2.05) is 0 Å². The topological polar surface area (TPSA) is 274 Å². The molecule has 56 heavy (non-hydrogen) atoms. The van der Waals surface area contributed by atoms with Crippen LogP contribution in [-0.4, -0.2) is 145 Å². The van der Waals surface area contributed by atoms with E-state index in [0.717, 1.165) is 70.6 Å². The van der Waals surface area contributed by atoms with Gasteiger partial charge >= 0.3 is 5.97 Å². The average molecular weight is 826 g/mol. The number of hydrogen-bond acceptors (Lipinski definition) is 13. The molecule has 0 fully saturated rings. The van der Waals surface area contributed by atoms with Crippen molar-refractivity contribution in [3.63, 3.8) is 0 Å². The molecule has 4 amide bonds. The molecule has 0 radical (unpaired) electrons. The highest BCUT2D eigenvalue weighted by Crippen LogP contribution is 2.13. The second kappa shape index (κ2) is 37.3. The van der Waals surface area contributed by atoms with Gasteiger partial charge in [0.05, 0.1) is 58.6 Å². The maximum atomic E-state index is 12.3. The Kier molecular flexibility index (Phi) is 35.1. The van der Waals surface area contributed by atoms with E-state index in [4.69, 9.17) is 23.5 Å². The quantitative estimate of drug-likeness (QED) is 0.0195. The number of aliphatic carboxylic acids is 1. The highest BCUT2D eigenvalue weighted by Gasteiger charge is 2.20. The molecule has 1 atom stereocenters. The number of amides is 4. The first-order valence-electron chi connectivity index (χ1n) is 19.7. The molecule has 7 N–H and O–H groups in total. The van der Waals surface area contributed by atoms with Crippen LogP contribution in [0.4, 0.5) is 0 Å². The molecule has 19 nitrogen and oxygen atoms in total. The van der Waals surface area contributed by atoms with E-state index in [0.29, 0.717) is 19.1 Å². The van der Waals surface area contributed by atoms with Crippen molar-refractivity contribution in [1.82, 2.24) is 26.6 Å². The molecule has 0 aromatic heterocycles. The molecule has 0 bridgehead atoms. The van der Waals surface area contributed by atoms with Crippen molar-refractivity contribution in [3.05, 3.63) is 0 Å². The van der Waals surface area contributed by atoms with E-state index >= 15 is 0 Å². The van der Waals surface area contributed by atoms with Crippen LogP contribution in [-0.2, 0) is 57.8 Å². The predicted octanol–water partition coefficient (Wildman–Crippen LogP) is 0.846. The first kappa shape index (κ1) is 52.7. The highest BCUT2D eigenvalue weighted by molar-refractivity contribution is 7.85. The number of carbonyl (C=O) groups excluding carboxylic acids is 5. The van der Waals surface area contributed by atoms with Crippen LogP contribution in [0.3, 0.4) is 0 Å². The number of unbranched alkanes of at least 4 members (excludes halogenated alkanes) is 12. The lowest BCUT2D eigenvalue weighted by molar-refractivity contribution is -0.142. The zero-order valence-electron chi connectivity index (χ0n) is 32.9. The number of rotatable bonds is 41. The highest BCUT2D eigenvalue weighted by atomic mass is 32.2. The molecule has 0 heterocycles. The van der Waals surface area contributed by atoms with Crippen LogP contribution in [0.15, 0.2) is 0 Å². The normalized spacial score (nSPS) is 11.8. The van der Waals surface area contributed by atoms with E-state index < -0.39 is 22.1 Å². The smallest absolute Gasteiger partial charge is 0.326 e. The minimum Gasteiger partial charge on any atom is -0.480 e. The van der Waals surface area contributed by atoms with Crippen molar-refractivity contribution in [2.24, 2.45) is 0 Å². The molecule has 0 aromatic carbocycles. The molecular formula is C36H67N5O14S. The summed E-state index contributed by atoms with van der Waals surface area (Å²) in [6, 6.07) is -1.15. The molecule has 0 aromatic rings. The Hall–Kier alpha value is -3.27. The van der Waals surface area contributed by atoms with Gasteiger partial charge in [-0.1, -0.05) is 70.6 Å². The van der Waals surface area contributed by atoms with Gasteiger partial charge in [-0.25, -0.2) is 4.79 Å². The van der Waals surface area contributed by atoms with Gasteiger partial charge in [0.2, 0.25) is 23.6 Å². The molecule has 20 heteroatoms. The van der Waals surface area contributed by atoms with Crippen molar-refractivity contribution in [1.29, 1.82) is 0 Å². The number of aldehydes is 1. The number of ether oxygens (including phenoxy) is 4. The van der Waals surface area contributed by atoms with Crippen molar-refractivity contribution >= 4 is 46.0 Å². The maximum absolute atomic E-state index is 12.3. The summed E-state index contributed by atoms with van der Waals surface area (Å²) in [4.78, 5) is 69.5. The Bertz CT molecular complexity index is 1180. The minimum absolute atomic E-state index is 0.0395. The van der Waals surface area contributed by atoms with Gasteiger partial charge in [-0.05, 0) is 19.3 Å². The maximum Gasteiger partial charge on any atom is 0.326 e. The minimum atomic E-state index is -3.85. The van der Waals surface area contributed by atoms with Gasteiger partial charge in [-0.15, -0.1) is 0 Å². The van der Waals surface area contributed by atoms with Gasteiger partial charge in [0.15, 0.2) is 0 Å². The van der Waals surface area contributed by atoms with Gasteiger partial charge in [0, 0.05) is 25.9 Å². The van der Waals surface area contributed by atoms with Crippen molar-refractivity contribution in [2.75, 3.05) is 84.9 Å². The van der Waals surface area contributed by atoms with Gasteiger partial charge in [0.1, 0.15) is 25.5 Å². The average Bonchev–Trinajstić information content (AvgIpc) is 3.14. The van der Waals surface area contributed by atoms with E-state index in [9.17, 15) is 42.3 Å². The van der Waals surface area contributed by atoms with Crippen molar-refractivity contribution < 1.29 is 65.8 Å². The fourth-order valence-corrected chi connectivity index (χ4v) is 5.66. The lowest BCUT2D eigenvalue weighted by Crippen LogP contribution is -2.41. The van der Waals surface area contributed by atoms with Crippen LogP contribution in [0.2, 0.25) is 0 Å². The van der Waals surface area contributed by atoms with Crippen molar-refractivity contribution in [3.8, 4) is 0 Å². The van der Waals surface area contributed by atoms with Gasteiger partial charge in [-0.2, -0.15) is 8.42 Å². The molecule has 0 spiro atoms. The molecule has 0 aliphatic rings. The number of nitrogens with one attached hydrogen (secondary N) is 5. The fraction of sp³-hybridized carbons (Fsp3) is 0.833. The first-order chi connectivity index (χ1) is 26.9. The van der Waals surface area contributed by atoms with Crippen LogP contribution in [0, 0.1) is 0 Å². The zero-order chi connectivity index (χ0) is 41.5. The lowest BCUT2D eigenvalue weighted by atomic mass is 10.0. The summed E-state index contributed by atoms with van der Waals surface area (Å²) in [5.41, 5.74) is 0. The van der Waals surface area contributed by atoms with Gasteiger partial charge in [0.25, 0.3) is 10.1 Å². The third-order valence-corrected chi connectivity index (χ3v) is 8.89. The summed E-state index contributed by atoms with van der Waals surface area (Å²) in [6.07, 6.45) is 13.5. The molecule has 0 rings (SSSR count). The zero-order valence-corrected chi connectivity index (χ0v) is 33.7. The molecule has 0 saturated carbocycles. The Morgan fingerprint density at radius 1 is 0.571 bits per heavy atom. The van der Waals surface area contributed by atoms with Crippen LogP contribution in [0.25, 0.3) is 0 Å². The van der Waals surface area contributed by atoms with E-state index in [-0.39, 0.29) is 128 Å². The number of carboxylic acid groups (broad SMARTS) is 1. The van der Waals surface area contributed by atoms with E-state index in [2.05, 4.69) is 26.6 Å². The van der Waals surface area contributed by atoms with Crippen LogP contribution < -0.4 is 26.6 Å². The standard InChI is InChI=1S/C36H67N5O14S/c42-20-17-37-30-40-35(46)29-55-26-24-53-22-19-39-34(45)28-54-25-23-52-21-18-38-32(43)16-15-31(36(47)48)41-33(44)14-12-10-8-6-4-2-1-3-5-7-9-11-13-27-56(49,50)51/h20,31,37H,1-19,21-30H2,(H,38,43)(H,39,45)(H,40,46)(H,41,44)(H,47,48)(H,49,50,51)/t31-/m0/s1. The van der Waals surface area contributed by atoms with Crippen LogP contribution >= 0.6 is 0 Å². The van der Waals surface area contributed by atoms with Crippen LogP contribution in [0.1, 0.15) is 103 Å². The lowest BCUT2D eigenvalue weighted by Gasteiger charge is -2.14. The Morgan fingerprint density at radius 2 is 1.04 bits per heavy atom.